The van der Waals surface area contributed by atoms with Crippen LogP contribution in [-0.4, -0.2) is 5.11 Å². The number of nitrogens with zero attached hydrogens (tertiary/aromatic N) is 1. The van der Waals surface area contributed by atoms with Crippen LogP contribution >= 0.6 is 0 Å². The Bertz CT molecular complexity index is 519. The second-order valence-corrected chi connectivity index (χ2v) is 4.24. The first-order valence-electron chi connectivity index (χ1n) is 6.50. The quantitative estimate of drug-likeness (QED) is 0.840. The van der Waals surface area contributed by atoms with Gasteiger partial charge in [-0.2, -0.15) is 5.26 Å². The summed E-state index contributed by atoms with van der Waals surface area (Å²) in [4.78, 5) is 0. The van der Waals surface area contributed by atoms with Crippen LogP contribution < -0.4 is 0 Å². The Hall–Kier alpha value is -2.27. The molecule has 98 valence electrons. The lowest BCUT2D eigenvalue weighted by Gasteiger charge is -2.01. The monoisotopic (exact) mass is 253 g/mol. The molecule has 0 aliphatic rings. The Morgan fingerprint density at radius 3 is 1.63 bits per heavy atom. The Morgan fingerprint density at radius 1 is 0.842 bits per heavy atom. The lowest BCUT2D eigenvalue weighted by Crippen LogP contribution is -1.78. The zero-order chi connectivity index (χ0) is 14.1. The highest BCUT2D eigenvalue weighted by Gasteiger charge is 1.97. The van der Waals surface area contributed by atoms with Gasteiger partial charge < -0.3 is 5.11 Å². The maximum absolute atomic E-state index is 9.14. The Balaban J connectivity index is 0.000000399. The molecule has 0 amide bonds. The van der Waals surface area contributed by atoms with Gasteiger partial charge in [0.2, 0.25) is 0 Å². The highest BCUT2D eigenvalue weighted by molar-refractivity contribution is 5.64. The third-order valence-corrected chi connectivity index (χ3v) is 2.71. The second-order valence-electron chi connectivity index (χ2n) is 4.24. The van der Waals surface area contributed by atoms with Crippen LogP contribution in [0.4, 0.5) is 0 Å². The van der Waals surface area contributed by atoms with Gasteiger partial charge in [0.1, 0.15) is 5.75 Å². The molecule has 0 fully saturated rings. The van der Waals surface area contributed by atoms with Crippen LogP contribution in [0, 0.1) is 11.3 Å². The fourth-order valence-corrected chi connectivity index (χ4v) is 1.39. The second kappa shape index (κ2) is 7.94. The number of nitriles is 1. The van der Waals surface area contributed by atoms with Crippen molar-refractivity contribution in [2.45, 2.75) is 26.7 Å². The fourth-order valence-electron chi connectivity index (χ4n) is 1.39. The van der Waals surface area contributed by atoms with Crippen LogP contribution in [0.3, 0.4) is 0 Å². The summed E-state index contributed by atoms with van der Waals surface area (Å²) >= 11 is 0. The smallest absolute Gasteiger partial charge is 0.115 e. The number of hydrogen-bond donors (Lipinski definition) is 1. The molecule has 0 saturated heterocycles. The molecule has 19 heavy (non-hydrogen) atoms. The maximum atomic E-state index is 9.14. The molecule has 2 aromatic rings. The van der Waals surface area contributed by atoms with Crippen molar-refractivity contribution in [2.24, 2.45) is 0 Å². The van der Waals surface area contributed by atoms with Crippen LogP contribution in [0.2, 0.25) is 0 Å². The van der Waals surface area contributed by atoms with E-state index in [1.165, 1.54) is 12.8 Å². The largest absolute Gasteiger partial charge is 0.508 e. The summed E-state index contributed by atoms with van der Waals surface area (Å²) in [6.45, 7) is 4.36. The Labute approximate surface area is 115 Å². The highest BCUT2D eigenvalue weighted by Crippen LogP contribution is 2.21. The van der Waals surface area contributed by atoms with Crippen molar-refractivity contribution in [3.05, 3.63) is 54.1 Å². The van der Waals surface area contributed by atoms with Crippen molar-refractivity contribution < 1.29 is 5.11 Å². The first-order valence-corrected chi connectivity index (χ1v) is 6.50. The van der Waals surface area contributed by atoms with Gasteiger partial charge >= 0.3 is 0 Å². The predicted molar refractivity (Wildman–Crippen MR) is 78.8 cm³/mol. The van der Waals surface area contributed by atoms with E-state index in [1.807, 2.05) is 24.3 Å². The average Bonchev–Trinajstić information content (AvgIpc) is 2.48. The van der Waals surface area contributed by atoms with Crippen molar-refractivity contribution in [1.82, 2.24) is 0 Å². The normalized spacial score (nSPS) is 9.11. The van der Waals surface area contributed by atoms with Crippen LogP contribution in [0.25, 0.3) is 11.1 Å². The number of aromatic hydroxyl groups is 1. The topological polar surface area (TPSA) is 44.0 Å². The molecule has 2 aromatic carbocycles. The molecular weight excluding hydrogens is 234 g/mol. The summed E-state index contributed by atoms with van der Waals surface area (Å²) in [6, 6.07) is 16.4. The van der Waals surface area contributed by atoms with Gasteiger partial charge in [-0.05, 0) is 35.4 Å². The van der Waals surface area contributed by atoms with E-state index in [0.29, 0.717) is 5.56 Å². The number of hydrogen-bond acceptors (Lipinski definition) is 2. The summed E-state index contributed by atoms with van der Waals surface area (Å²) in [7, 11) is 0. The van der Waals surface area contributed by atoms with Crippen molar-refractivity contribution in [2.75, 3.05) is 0 Å². The van der Waals surface area contributed by atoms with Gasteiger partial charge in [0, 0.05) is 0 Å². The van der Waals surface area contributed by atoms with E-state index in [9.17, 15) is 0 Å². The van der Waals surface area contributed by atoms with E-state index >= 15 is 0 Å². The summed E-state index contributed by atoms with van der Waals surface area (Å²) in [6.07, 6.45) is 2.64. The molecule has 0 heterocycles. The summed E-state index contributed by atoms with van der Waals surface area (Å²) in [5.41, 5.74) is 2.71. The van der Waals surface area contributed by atoms with Crippen molar-refractivity contribution in [3.63, 3.8) is 0 Å². The molecule has 1 N–H and O–H groups in total. The molecule has 0 atom stereocenters. The maximum Gasteiger partial charge on any atom is 0.115 e. The molecule has 2 rings (SSSR count). The van der Waals surface area contributed by atoms with Crippen LogP contribution in [-0.2, 0) is 0 Å². The lowest BCUT2D eigenvalue weighted by molar-refractivity contribution is 0.475. The number of phenols is 1. The third-order valence-electron chi connectivity index (χ3n) is 2.71. The molecule has 0 saturated carbocycles. The molecule has 0 unspecified atom stereocenters. The highest BCUT2D eigenvalue weighted by atomic mass is 16.3. The van der Waals surface area contributed by atoms with E-state index < -0.39 is 0 Å². The third kappa shape index (κ3) is 4.85. The molecule has 2 heteroatoms. The predicted octanol–water partition coefficient (Wildman–Crippen LogP) is 4.74. The van der Waals surface area contributed by atoms with Crippen molar-refractivity contribution in [3.8, 4) is 22.9 Å². The number of benzene rings is 2. The molecule has 0 spiro atoms. The van der Waals surface area contributed by atoms with Crippen LogP contribution in [0.5, 0.6) is 5.75 Å². The molecule has 0 aromatic heterocycles. The van der Waals surface area contributed by atoms with Gasteiger partial charge in [-0.15, -0.1) is 0 Å². The first-order chi connectivity index (χ1) is 9.21. The molecular formula is C17H19NO. The van der Waals surface area contributed by atoms with Crippen LogP contribution in [0.15, 0.2) is 48.5 Å². The van der Waals surface area contributed by atoms with Gasteiger partial charge in [0.15, 0.2) is 0 Å². The summed E-state index contributed by atoms with van der Waals surface area (Å²) in [5, 5.41) is 17.8. The zero-order valence-electron chi connectivity index (χ0n) is 11.4. The Kier molecular flexibility index (Phi) is 6.18. The van der Waals surface area contributed by atoms with Crippen LogP contribution in [0.1, 0.15) is 32.3 Å². The van der Waals surface area contributed by atoms with E-state index in [1.54, 1.807) is 24.3 Å². The molecule has 2 nitrogen and oxygen atoms in total. The first kappa shape index (κ1) is 14.8. The minimum atomic E-state index is 0.257. The standard InChI is InChI=1S/C13H9NO.C4H10/c14-9-10-1-3-11(4-2-10)12-5-7-13(15)8-6-12;1-3-4-2/h1-8,15H;3-4H2,1-2H3. The molecule has 0 aliphatic heterocycles. The zero-order valence-corrected chi connectivity index (χ0v) is 11.4. The minimum absolute atomic E-state index is 0.257. The molecule has 0 radical (unpaired) electrons. The van der Waals surface area contributed by atoms with Gasteiger partial charge in [-0.3, -0.25) is 0 Å². The molecule has 0 aliphatic carbocycles. The van der Waals surface area contributed by atoms with E-state index in [2.05, 4.69) is 19.9 Å². The number of unbranched alkanes of at least 4 members (excludes halogenated alkanes) is 1. The van der Waals surface area contributed by atoms with Gasteiger partial charge in [0.25, 0.3) is 0 Å². The van der Waals surface area contributed by atoms with E-state index in [-0.39, 0.29) is 5.75 Å². The molecule has 0 bridgehead atoms. The van der Waals surface area contributed by atoms with Gasteiger partial charge in [-0.1, -0.05) is 51.0 Å². The summed E-state index contributed by atoms with van der Waals surface area (Å²) in [5.74, 6) is 0.257. The average molecular weight is 253 g/mol. The minimum Gasteiger partial charge on any atom is -0.508 e. The lowest BCUT2D eigenvalue weighted by atomic mass is 10.0. The van der Waals surface area contributed by atoms with E-state index in [4.69, 9.17) is 10.4 Å². The fraction of sp³-hybridized carbons (Fsp3) is 0.235. The Morgan fingerprint density at radius 2 is 1.26 bits per heavy atom. The van der Waals surface area contributed by atoms with Gasteiger partial charge in [-0.25, -0.2) is 0 Å². The SMILES string of the molecule is CCCC.N#Cc1ccc(-c2ccc(O)cc2)cc1. The van der Waals surface area contributed by atoms with Gasteiger partial charge in [0.05, 0.1) is 11.6 Å². The number of rotatable bonds is 2. The van der Waals surface area contributed by atoms with Crippen molar-refractivity contribution in [1.29, 1.82) is 5.26 Å². The van der Waals surface area contributed by atoms with Crippen molar-refractivity contribution >= 4 is 0 Å². The summed E-state index contributed by atoms with van der Waals surface area (Å²) < 4.78 is 0. The van der Waals surface area contributed by atoms with E-state index in [0.717, 1.165) is 11.1 Å². The number of phenolic OH excluding ortho intramolecular Hbond substituents is 1.